The normalized spacial score (nSPS) is 24.1. The lowest BCUT2D eigenvalue weighted by Crippen LogP contribution is -2.64. The molecule has 1 aromatic carbocycles. The van der Waals surface area contributed by atoms with Gasteiger partial charge in [0, 0.05) is 19.9 Å². The molecule has 0 saturated carbocycles. The third kappa shape index (κ3) is 5.52. The number of esters is 2. The second-order valence-electron chi connectivity index (χ2n) is 8.73. The van der Waals surface area contributed by atoms with Crippen LogP contribution in [0.3, 0.4) is 0 Å². The van der Waals surface area contributed by atoms with E-state index in [-0.39, 0.29) is 11.9 Å². The minimum atomic E-state index is -1.19. The Hall–Kier alpha value is -2.94. The Labute approximate surface area is 194 Å². The molecule has 0 radical (unpaired) electrons. The van der Waals surface area contributed by atoms with Gasteiger partial charge in [-0.2, -0.15) is 0 Å². The monoisotopic (exact) mass is 459 g/mol. The van der Waals surface area contributed by atoms with Gasteiger partial charge in [-0.1, -0.05) is 30.3 Å². The summed E-state index contributed by atoms with van der Waals surface area (Å²) >= 11 is 0. The van der Waals surface area contributed by atoms with Crippen molar-refractivity contribution in [3.8, 4) is 0 Å². The van der Waals surface area contributed by atoms with Crippen LogP contribution in [0.4, 0.5) is 0 Å². The number of rotatable bonds is 8. The molecule has 2 N–H and O–H groups in total. The van der Waals surface area contributed by atoms with Crippen molar-refractivity contribution in [3.63, 3.8) is 0 Å². The average molecular weight is 460 g/mol. The van der Waals surface area contributed by atoms with Crippen LogP contribution in [0.1, 0.15) is 45.1 Å². The molecule has 9 nitrogen and oxygen atoms in total. The first kappa shape index (κ1) is 24.7. The van der Waals surface area contributed by atoms with Crippen LogP contribution in [-0.2, 0) is 35.1 Å². The van der Waals surface area contributed by atoms with Crippen molar-refractivity contribution in [2.24, 2.45) is 0 Å². The van der Waals surface area contributed by atoms with Gasteiger partial charge in [-0.25, -0.2) is 4.79 Å². The third-order valence-electron chi connectivity index (χ3n) is 6.44. The van der Waals surface area contributed by atoms with Crippen molar-refractivity contribution in [1.82, 2.24) is 15.5 Å². The van der Waals surface area contributed by atoms with Crippen LogP contribution in [0.2, 0.25) is 0 Å². The molecular weight excluding hydrogens is 426 g/mol. The Balaban J connectivity index is 1.93. The fraction of sp³-hybridized carbons (Fsp3) is 0.583. The first-order valence-corrected chi connectivity index (χ1v) is 11.4. The molecule has 0 bridgehead atoms. The van der Waals surface area contributed by atoms with Crippen LogP contribution in [0, 0.1) is 0 Å². The van der Waals surface area contributed by atoms with Crippen molar-refractivity contribution in [2.75, 3.05) is 20.2 Å². The largest absolute Gasteiger partial charge is 0.467 e. The average Bonchev–Trinajstić information content (AvgIpc) is 3.47. The second kappa shape index (κ2) is 10.8. The summed E-state index contributed by atoms with van der Waals surface area (Å²) < 4.78 is 10.0. The lowest BCUT2D eigenvalue weighted by Gasteiger charge is -2.39. The maximum atomic E-state index is 13.8. The lowest BCUT2D eigenvalue weighted by molar-refractivity contribution is -0.158. The van der Waals surface area contributed by atoms with Gasteiger partial charge in [0.1, 0.15) is 11.6 Å². The summed E-state index contributed by atoms with van der Waals surface area (Å²) in [4.78, 5) is 52.9. The fourth-order valence-electron chi connectivity index (χ4n) is 4.82. The summed E-state index contributed by atoms with van der Waals surface area (Å²) in [6, 6.07) is 8.00. The molecule has 180 valence electrons. The Morgan fingerprint density at radius 3 is 2.55 bits per heavy atom. The number of benzene rings is 1. The van der Waals surface area contributed by atoms with Gasteiger partial charge < -0.3 is 25.0 Å². The molecule has 0 spiro atoms. The smallest absolute Gasteiger partial charge is 0.332 e. The molecule has 2 aliphatic heterocycles. The van der Waals surface area contributed by atoms with E-state index in [0.29, 0.717) is 25.8 Å². The van der Waals surface area contributed by atoms with Gasteiger partial charge in [0.25, 0.3) is 0 Å². The van der Waals surface area contributed by atoms with Gasteiger partial charge in [-0.15, -0.1) is 0 Å². The number of nitrogens with one attached hydrogen (secondary N) is 2. The van der Waals surface area contributed by atoms with E-state index in [4.69, 9.17) is 9.47 Å². The van der Waals surface area contributed by atoms with Crippen molar-refractivity contribution in [3.05, 3.63) is 35.9 Å². The zero-order chi connectivity index (χ0) is 24.0. The maximum absolute atomic E-state index is 13.8. The van der Waals surface area contributed by atoms with Crippen LogP contribution in [0.25, 0.3) is 0 Å². The molecule has 2 aliphatic rings. The fourth-order valence-corrected chi connectivity index (χ4v) is 4.82. The van der Waals surface area contributed by atoms with Crippen LogP contribution in [-0.4, -0.2) is 72.6 Å². The Bertz CT molecular complexity index is 870. The summed E-state index contributed by atoms with van der Waals surface area (Å²) in [6.07, 6.45) is 2.14. The van der Waals surface area contributed by atoms with E-state index in [2.05, 4.69) is 10.6 Å². The standard InChI is InChI=1S/C24H33N3O6/c1-16(33-17(2)28)20(22(30)32-3)26-23(31)24(15-18-9-5-4-6-10-18)12-8-14-27(24)21(29)19-11-7-13-25-19/h4-6,9-10,16,19-20,25H,7-8,11-15H2,1-3H3,(H,26,31)/t16-,19+,20+,24-/m1/s1. The summed E-state index contributed by atoms with van der Waals surface area (Å²) in [5.41, 5.74) is -0.250. The Kier molecular flexibility index (Phi) is 8.07. The van der Waals surface area contributed by atoms with E-state index in [1.165, 1.54) is 21.0 Å². The number of ether oxygens (including phenoxy) is 2. The van der Waals surface area contributed by atoms with Crippen molar-refractivity contribution < 1.29 is 28.7 Å². The molecular formula is C24H33N3O6. The third-order valence-corrected chi connectivity index (χ3v) is 6.44. The Morgan fingerprint density at radius 1 is 1.21 bits per heavy atom. The van der Waals surface area contributed by atoms with Gasteiger partial charge in [0.05, 0.1) is 13.2 Å². The minimum absolute atomic E-state index is 0.0984. The minimum Gasteiger partial charge on any atom is -0.467 e. The van der Waals surface area contributed by atoms with Crippen molar-refractivity contribution in [1.29, 1.82) is 0 Å². The van der Waals surface area contributed by atoms with Crippen LogP contribution >= 0.6 is 0 Å². The van der Waals surface area contributed by atoms with Gasteiger partial charge >= 0.3 is 11.9 Å². The first-order valence-electron chi connectivity index (χ1n) is 11.4. The molecule has 9 heteroatoms. The topological polar surface area (TPSA) is 114 Å². The van der Waals surface area contributed by atoms with E-state index >= 15 is 0 Å². The molecule has 4 atom stereocenters. The van der Waals surface area contributed by atoms with Gasteiger partial charge in [-0.3, -0.25) is 14.4 Å². The van der Waals surface area contributed by atoms with Gasteiger partial charge in [0.15, 0.2) is 6.04 Å². The highest BCUT2D eigenvalue weighted by molar-refractivity contribution is 5.96. The first-order chi connectivity index (χ1) is 15.8. The molecule has 2 heterocycles. The predicted molar refractivity (Wildman–Crippen MR) is 120 cm³/mol. The molecule has 0 unspecified atom stereocenters. The summed E-state index contributed by atoms with van der Waals surface area (Å²) in [5, 5.41) is 5.97. The highest BCUT2D eigenvalue weighted by Gasteiger charge is 2.52. The molecule has 2 amide bonds. The summed E-state index contributed by atoms with van der Waals surface area (Å²) in [5.74, 6) is -1.85. The molecule has 3 rings (SSSR count). The van der Waals surface area contributed by atoms with Gasteiger partial charge in [-0.05, 0) is 44.7 Å². The Morgan fingerprint density at radius 2 is 1.94 bits per heavy atom. The SMILES string of the molecule is COC(=O)[C@@H](NC(=O)[C@]1(Cc2ccccc2)CCCN1C(=O)[C@@H]1CCCN1)[C@@H](C)OC(C)=O. The number of amides is 2. The number of carbonyl (C=O) groups excluding carboxylic acids is 4. The molecule has 2 fully saturated rings. The number of hydrogen-bond acceptors (Lipinski definition) is 7. The van der Waals surface area contributed by atoms with Crippen LogP contribution < -0.4 is 10.6 Å². The molecule has 0 aromatic heterocycles. The molecule has 2 saturated heterocycles. The lowest BCUT2D eigenvalue weighted by atomic mass is 9.86. The van der Waals surface area contributed by atoms with E-state index in [1.54, 1.807) is 4.90 Å². The summed E-state index contributed by atoms with van der Waals surface area (Å²) in [7, 11) is 1.21. The van der Waals surface area contributed by atoms with Crippen molar-refractivity contribution >= 4 is 23.8 Å². The number of nitrogens with zero attached hydrogens (tertiary/aromatic N) is 1. The second-order valence-corrected chi connectivity index (χ2v) is 8.73. The zero-order valence-electron chi connectivity index (χ0n) is 19.5. The van der Waals surface area contributed by atoms with E-state index in [1.807, 2.05) is 30.3 Å². The van der Waals surface area contributed by atoms with Gasteiger partial charge in [0.2, 0.25) is 11.8 Å². The number of hydrogen-bond donors (Lipinski definition) is 2. The molecule has 33 heavy (non-hydrogen) atoms. The predicted octanol–water partition coefficient (Wildman–Crippen LogP) is 0.952. The summed E-state index contributed by atoms with van der Waals surface area (Å²) in [6.45, 7) is 3.98. The van der Waals surface area contributed by atoms with Crippen molar-refractivity contribution in [2.45, 2.75) is 69.7 Å². The number of likely N-dealkylation sites (tertiary alicyclic amines) is 1. The van der Waals surface area contributed by atoms with E-state index < -0.39 is 35.5 Å². The highest BCUT2D eigenvalue weighted by Crippen LogP contribution is 2.35. The molecule has 0 aliphatic carbocycles. The van der Waals surface area contributed by atoms with Crippen LogP contribution in [0.15, 0.2) is 30.3 Å². The zero-order valence-corrected chi connectivity index (χ0v) is 19.5. The van der Waals surface area contributed by atoms with E-state index in [9.17, 15) is 19.2 Å². The number of methoxy groups -OCH3 is 1. The molecule has 1 aromatic rings. The quantitative estimate of drug-likeness (QED) is 0.557. The highest BCUT2D eigenvalue weighted by atomic mass is 16.6. The number of carbonyl (C=O) groups is 4. The van der Waals surface area contributed by atoms with E-state index in [0.717, 1.165) is 24.9 Å². The maximum Gasteiger partial charge on any atom is 0.332 e. The van der Waals surface area contributed by atoms with Crippen LogP contribution in [0.5, 0.6) is 0 Å².